The summed E-state index contributed by atoms with van der Waals surface area (Å²) in [5, 5.41) is 14.5. The lowest BCUT2D eigenvalue weighted by molar-refractivity contribution is 0.0431. The molecule has 2 aromatic rings. The Labute approximate surface area is 147 Å². The molecule has 1 aromatic heterocycles. The molecule has 1 aliphatic heterocycles. The summed E-state index contributed by atoms with van der Waals surface area (Å²) in [6.45, 7) is 1.86. The third-order valence-electron chi connectivity index (χ3n) is 5.67. The summed E-state index contributed by atoms with van der Waals surface area (Å²) >= 11 is 0. The molecule has 1 aromatic carbocycles. The molecule has 1 saturated heterocycles. The van der Waals surface area contributed by atoms with Crippen LogP contribution in [0.3, 0.4) is 0 Å². The number of aliphatic hydroxyl groups is 1. The van der Waals surface area contributed by atoms with Crippen LogP contribution in [0.4, 0.5) is 0 Å². The Morgan fingerprint density at radius 3 is 2.80 bits per heavy atom. The van der Waals surface area contributed by atoms with Gasteiger partial charge in [0.2, 0.25) is 0 Å². The molecule has 0 amide bonds. The Kier molecular flexibility index (Phi) is 4.72. The number of fused-ring (bicyclic) bond motifs is 1. The van der Waals surface area contributed by atoms with Crippen LogP contribution in [-0.4, -0.2) is 45.0 Å². The average molecular weight is 343 g/mol. The average Bonchev–Trinajstić information content (AvgIpc) is 3.24. The van der Waals surface area contributed by atoms with Crippen molar-refractivity contribution in [2.24, 2.45) is 5.92 Å². The highest BCUT2D eigenvalue weighted by molar-refractivity contribution is 5.54. The molecule has 134 valence electrons. The minimum atomic E-state index is -0.612. The molecule has 6 heteroatoms. The first-order chi connectivity index (χ1) is 12.2. The highest BCUT2D eigenvalue weighted by Gasteiger charge is 2.35. The number of nitrogens with zero attached hydrogens (tertiary/aromatic N) is 3. The Morgan fingerprint density at radius 2 is 1.96 bits per heavy atom. The van der Waals surface area contributed by atoms with Crippen LogP contribution < -0.4 is 5.76 Å². The minimum absolute atomic E-state index is 0.209. The van der Waals surface area contributed by atoms with E-state index in [4.69, 9.17) is 4.52 Å². The second kappa shape index (κ2) is 7.14. The molecule has 2 fully saturated rings. The van der Waals surface area contributed by atoms with Gasteiger partial charge in [-0.25, -0.2) is 4.79 Å². The first-order valence-corrected chi connectivity index (χ1v) is 9.26. The lowest BCUT2D eigenvalue weighted by Gasteiger charge is -2.38. The normalized spacial score (nSPS) is 25.0. The van der Waals surface area contributed by atoms with Gasteiger partial charge in [0.05, 0.1) is 12.6 Å². The molecule has 3 unspecified atom stereocenters. The van der Waals surface area contributed by atoms with E-state index in [0.717, 1.165) is 18.0 Å². The summed E-state index contributed by atoms with van der Waals surface area (Å²) in [5.74, 6) is 0.747. The maximum atomic E-state index is 12.0. The fraction of sp³-hybridized carbons (Fsp3) is 0.579. The van der Waals surface area contributed by atoms with Crippen molar-refractivity contribution in [2.45, 2.75) is 50.8 Å². The van der Waals surface area contributed by atoms with Crippen LogP contribution in [0.15, 0.2) is 39.6 Å². The monoisotopic (exact) mass is 343 g/mol. The van der Waals surface area contributed by atoms with Gasteiger partial charge in [-0.05, 0) is 38.1 Å². The van der Waals surface area contributed by atoms with Crippen molar-refractivity contribution in [3.05, 3.63) is 40.9 Å². The second-order valence-electron chi connectivity index (χ2n) is 7.30. The summed E-state index contributed by atoms with van der Waals surface area (Å²) < 4.78 is 6.28. The van der Waals surface area contributed by atoms with Gasteiger partial charge in [0.25, 0.3) is 0 Å². The molecule has 6 nitrogen and oxygen atoms in total. The van der Waals surface area contributed by atoms with E-state index in [1.165, 1.54) is 36.7 Å². The van der Waals surface area contributed by atoms with E-state index in [0.29, 0.717) is 18.4 Å². The fourth-order valence-corrected chi connectivity index (χ4v) is 4.55. The largest absolute Gasteiger partial charge is 0.441 e. The highest BCUT2D eigenvalue weighted by Crippen LogP contribution is 2.36. The van der Waals surface area contributed by atoms with Crippen LogP contribution in [0.1, 0.15) is 32.1 Å². The molecule has 1 saturated carbocycles. The van der Waals surface area contributed by atoms with Gasteiger partial charge in [0.1, 0.15) is 0 Å². The van der Waals surface area contributed by atoms with Crippen LogP contribution in [0.5, 0.6) is 0 Å². The summed E-state index contributed by atoms with van der Waals surface area (Å²) in [7, 11) is 0. The number of hydrogen-bond donors (Lipinski definition) is 1. The lowest BCUT2D eigenvalue weighted by Crippen LogP contribution is -2.47. The van der Waals surface area contributed by atoms with Crippen molar-refractivity contribution < 1.29 is 9.63 Å². The molecular weight excluding hydrogens is 318 g/mol. The van der Waals surface area contributed by atoms with Crippen molar-refractivity contribution in [1.29, 1.82) is 0 Å². The first kappa shape index (κ1) is 16.5. The van der Waals surface area contributed by atoms with Crippen LogP contribution >= 0.6 is 0 Å². The number of rotatable bonds is 5. The second-order valence-corrected chi connectivity index (χ2v) is 7.30. The number of likely N-dealkylation sites (tertiary alicyclic amines) is 1. The zero-order valence-electron chi connectivity index (χ0n) is 14.4. The number of hydrogen-bond acceptors (Lipinski definition) is 5. The third-order valence-corrected chi connectivity index (χ3v) is 5.67. The summed E-state index contributed by atoms with van der Waals surface area (Å²) in [6.07, 6.45) is 5.77. The van der Waals surface area contributed by atoms with Gasteiger partial charge in [-0.3, -0.25) is 14.0 Å². The molecule has 1 aliphatic carbocycles. The van der Waals surface area contributed by atoms with Crippen molar-refractivity contribution in [2.75, 3.05) is 13.1 Å². The topological polar surface area (TPSA) is 71.5 Å². The zero-order valence-corrected chi connectivity index (χ0v) is 14.4. The highest BCUT2D eigenvalue weighted by atomic mass is 16.5. The van der Waals surface area contributed by atoms with Crippen molar-refractivity contribution in [3.63, 3.8) is 0 Å². The van der Waals surface area contributed by atoms with Gasteiger partial charge in [0.15, 0.2) is 5.82 Å². The SMILES string of the molecule is O=c1onc(-c2ccccc2)n1CC(O)CN1CCCC2CCCC21. The summed E-state index contributed by atoms with van der Waals surface area (Å²) in [5.41, 5.74) is 0.814. The van der Waals surface area contributed by atoms with Crippen LogP contribution in [-0.2, 0) is 6.54 Å². The van der Waals surface area contributed by atoms with Crippen LogP contribution in [0.2, 0.25) is 0 Å². The van der Waals surface area contributed by atoms with Gasteiger partial charge in [-0.15, -0.1) is 0 Å². The van der Waals surface area contributed by atoms with Gasteiger partial charge in [-0.2, -0.15) is 0 Å². The summed E-state index contributed by atoms with van der Waals surface area (Å²) in [4.78, 5) is 14.5. The van der Waals surface area contributed by atoms with E-state index in [-0.39, 0.29) is 6.54 Å². The predicted molar refractivity (Wildman–Crippen MR) is 94.1 cm³/mol. The van der Waals surface area contributed by atoms with Gasteiger partial charge >= 0.3 is 5.76 Å². The quantitative estimate of drug-likeness (QED) is 0.900. The molecule has 0 spiro atoms. The Morgan fingerprint density at radius 1 is 1.16 bits per heavy atom. The van der Waals surface area contributed by atoms with E-state index in [1.807, 2.05) is 30.3 Å². The molecule has 2 aliphatic rings. The zero-order chi connectivity index (χ0) is 17.2. The van der Waals surface area contributed by atoms with E-state index in [2.05, 4.69) is 10.1 Å². The van der Waals surface area contributed by atoms with Gasteiger partial charge < -0.3 is 5.11 Å². The molecule has 3 atom stereocenters. The summed E-state index contributed by atoms with van der Waals surface area (Å²) in [6, 6.07) is 10.1. The number of aromatic nitrogens is 2. The number of β-amino-alcohol motifs (C(OH)–C–C–N with tert-alkyl or cyclic N) is 1. The molecule has 1 N–H and O–H groups in total. The van der Waals surface area contributed by atoms with E-state index >= 15 is 0 Å². The number of aliphatic hydroxyl groups excluding tert-OH is 1. The van der Waals surface area contributed by atoms with Crippen LogP contribution in [0, 0.1) is 5.92 Å². The Balaban J connectivity index is 1.47. The predicted octanol–water partition coefficient (Wildman–Crippen LogP) is 2.13. The minimum Gasteiger partial charge on any atom is -0.390 e. The van der Waals surface area contributed by atoms with Crippen molar-refractivity contribution in [3.8, 4) is 11.4 Å². The molecule has 0 bridgehead atoms. The Bertz CT molecular complexity index is 755. The Hall–Kier alpha value is -1.92. The smallest absolute Gasteiger partial charge is 0.390 e. The maximum absolute atomic E-state index is 12.0. The van der Waals surface area contributed by atoms with Crippen molar-refractivity contribution in [1.82, 2.24) is 14.6 Å². The van der Waals surface area contributed by atoms with Gasteiger partial charge in [0, 0.05) is 18.2 Å². The number of piperidine rings is 1. The first-order valence-electron chi connectivity index (χ1n) is 9.26. The van der Waals surface area contributed by atoms with Crippen LogP contribution in [0.25, 0.3) is 11.4 Å². The molecule has 2 heterocycles. The van der Waals surface area contributed by atoms with E-state index < -0.39 is 11.9 Å². The van der Waals surface area contributed by atoms with Crippen molar-refractivity contribution >= 4 is 0 Å². The standard InChI is InChI=1S/C19H25N3O3/c23-16(12-21-11-5-9-14-8-4-10-17(14)21)13-22-18(20-25-19(22)24)15-6-2-1-3-7-15/h1-3,6-7,14,16-17,23H,4-5,8-13H2. The van der Waals surface area contributed by atoms with E-state index in [1.54, 1.807) is 0 Å². The molecule has 25 heavy (non-hydrogen) atoms. The fourth-order valence-electron chi connectivity index (χ4n) is 4.55. The molecule has 4 rings (SSSR count). The van der Waals surface area contributed by atoms with Gasteiger partial charge in [-0.1, -0.05) is 41.9 Å². The third kappa shape index (κ3) is 3.41. The molecular formula is C19H25N3O3. The molecule has 0 radical (unpaired) electrons. The lowest BCUT2D eigenvalue weighted by atomic mass is 9.92. The maximum Gasteiger partial charge on any atom is 0.441 e. The number of benzene rings is 1. The van der Waals surface area contributed by atoms with E-state index in [9.17, 15) is 9.90 Å².